The van der Waals surface area contributed by atoms with Gasteiger partial charge in [0.05, 0.1) is 17.2 Å². The predicted molar refractivity (Wildman–Crippen MR) is 140 cm³/mol. The summed E-state index contributed by atoms with van der Waals surface area (Å²) in [5.74, 6) is -1.80. The molecule has 0 unspecified atom stereocenters. The van der Waals surface area contributed by atoms with Crippen molar-refractivity contribution in [2.45, 2.75) is 38.8 Å². The summed E-state index contributed by atoms with van der Waals surface area (Å²) in [6.45, 7) is 5.41. The van der Waals surface area contributed by atoms with Gasteiger partial charge < -0.3 is 0 Å². The summed E-state index contributed by atoms with van der Waals surface area (Å²) in [5.41, 5.74) is 0.0515. The minimum Gasteiger partial charge on any atom is -0.297 e. The standard InChI is InChI=1S/C30H25N3O5/c1-29(2,3)28(36)24-23(17-12-14-19(15-13-17)33(37)38)30(26(34)21-10-6-7-11-22(21)27(30)35)25-20-9-5-4-8-18(20)16-31-32(24)25/h4-16,23-25H,1-3H3/t23-,24-,25-/m0/s1. The van der Waals surface area contributed by atoms with Crippen molar-refractivity contribution in [3.05, 3.63) is 111 Å². The minimum atomic E-state index is -1.68. The molecule has 3 aromatic carbocycles. The summed E-state index contributed by atoms with van der Waals surface area (Å²) in [6.07, 6.45) is 1.66. The van der Waals surface area contributed by atoms with E-state index in [0.29, 0.717) is 16.7 Å². The van der Waals surface area contributed by atoms with Crippen LogP contribution in [0.5, 0.6) is 0 Å². The lowest BCUT2D eigenvalue weighted by molar-refractivity contribution is -0.384. The molecule has 0 bridgehead atoms. The number of rotatable bonds is 3. The zero-order valence-electron chi connectivity index (χ0n) is 21.1. The average Bonchev–Trinajstić information content (AvgIpc) is 3.34. The Labute approximate surface area is 219 Å². The molecule has 0 N–H and O–H groups in total. The van der Waals surface area contributed by atoms with Crippen molar-refractivity contribution in [3.63, 3.8) is 0 Å². The molecule has 1 aliphatic carbocycles. The number of carbonyl (C=O) groups is 3. The van der Waals surface area contributed by atoms with Gasteiger partial charge in [0.15, 0.2) is 17.3 Å². The minimum absolute atomic E-state index is 0.118. The first kappa shape index (κ1) is 23.9. The van der Waals surface area contributed by atoms with Crippen molar-refractivity contribution in [1.29, 1.82) is 0 Å². The highest BCUT2D eigenvalue weighted by atomic mass is 16.6. The second kappa shape index (κ2) is 8.02. The Bertz CT molecular complexity index is 1530. The second-order valence-corrected chi connectivity index (χ2v) is 11.1. The number of hydrogen-bond acceptors (Lipinski definition) is 7. The van der Waals surface area contributed by atoms with E-state index in [0.717, 1.165) is 11.1 Å². The van der Waals surface area contributed by atoms with Crippen LogP contribution >= 0.6 is 0 Å². The van der Waals surface area contributed by atoms with E-state index in [4.69, 9.17) is 5.10 Å². The van der Waals surface area contributed by atoms with Crippen LogP contribution in [0.25, 0.3) is 0 Å². The molecule has 8 heteroatoms. The lowest BCUT2D eigenvalue weighted by Crippen LogP contribution is -2.45. The van der Waals surface area contributed by atoms with Crippen LogP contribution < -0.4 is 0 Å². The highest BCUT2D eigenvalue weighted by Crippen LogP contribution is 2.65. The summed E-state index contributed by atoms with van der Waals surface area (Å²) in [4.78, 5) is 54.2. The summed E-state index contributed by atoms with van der Waals surface area (Å²) in [5, 5.41) is 17.7. The third-order valence-corrected chi connectivity index (χ3v) is 8.05. The largest absolute Gasteiger partial charge is 0.297 e. The van der Waals surface area contributed by atoms with E-state index in [-0.39, 0.29) is 23.0 Å². The Hall–Kier alpha value is -4.46. The Morgan fingerprint density at radius 3 is 2.08 bits per heavy atom. The molecule has 1 saturated heterocycles. The first-order valence-electron chi connectivity index (χ1n) is 12.5. The molecular formula is C30H25N3O5. The maximum absolute atomic E-state index is 14.6. The molecule has 190 valence electrons. The number of nitro benzene ring substituents is 1. The van der Waals surface area contributed by atoms with Gasteiger partial charge in [0.25, 0.3) is 5.69 Å². The molecule has 3 aliphatic rings. The van der Waals surface area contributed by atoms with E-state index < -0.39 is 33.8 Å². The van der Waals surface area contributed by atoms with Crippen LogP contribution in [0.1, 0.15) is 70.1 Å². The lowest BCUT2D eigenvalue weighted by atomic mass is 9.62. The normalized spacial score (nSPS) is 22.8. The van der Waals surface area contributed by atoms with Gasteiger partial charge in [-0.15, -0.1) is 0 Å². The van der Waals surface area contributed by atoms with Crippen molar-refractivity contribution in [1.82, 2.24) is 5.01 Å². The molecule has 0 aromatic heterocycles. The van der Waals surface area contributed by atoms with E-state index >= 15 is 0 Å². The highest BCUT2D eigenvalue weighted by molar-refractivity contribution is 6.31. The van der Waals surface area contributed by atoms with E-state index in [9.17, 15) is 24.5 Å². The fourth-order valence-electron chi connectivity index (χ4n) is 6.40. The third-order valence-electron chi connectivity index (χ3n) is 8.05. The molecule has 2 aliphatic heterocycles. The number of hydrogen-bond donors (Lipinski definition) is 0. The smallest absolute Gasteiger partial charge is 0.269 e. The van der Waals surface area contributed by atoms with Crippen LogP contribution in [0.2, 0.25) is 0 Å². The van der Waals surface area contributed by atoms with Crippen molar-refractivity contribution in [2.75, 3.05) is 0 Å². The number of nitro groups is 1. The maximum Gasteiger partial charge on any atom is 0.269 e. The van der Waals surface area contributed by atoms with Crippen molar-refractivity contribution in [2.24, 2.45) is 15.9 Å². The van der Waals surface area contributed by atoms with E-state index in [1.807, 2.05) is 24.3 Å². The fraction of sp³-hybridized carbons (Fsp3) is 0.267. The SMILES string of the molecule is CC(C)(C)C(=O)[C@@H]1[C@H](c2ccc([N+](=O)[O-])cc2)C2(C(=O)c3ccccc3C2=O)[C@@H]2c3ccccc3C=NN12. The van der Waals surface area contributed by atoms with Gasteiger partial charge in [-0.1, -0.05) is 81.4 Å². The zero-order chi connectivity index (χ0) is 27.0. The molecule has 8 nitrogen and oxygen atoms in total. The Kier molecular flexibility index (Phi) is 5.04. The molecular weight excluding hydrogens is 482 g/mol. The number of nitrogens with zero attached hydrogens (tertiary/aromatic N) is 3. The lowest BCUT2D eigenvalue weighted by Gasteiger charge is -2.36. The highest BCUT2D eigenvalue weighted by Gasteiger charge is 2.73. The molecule has 38 heavy (non-hydrogen) atoms. The Morgan fingerprint density at radius 2 is 1.50 bits per heavy atom. The average molecular weight is 508 g/mol. The molecule has 2 heterocycles. The molecule has 1 fully saturated rings. The summed E-state index contributed by atoms with van der Waals surface area (Å²) < 4.78 is 0. The Morgan fingerprint density at radius 1 is 0.921 bits per heavy atom. The zero-order valence-corrected chi connectivity index (χ0v) is 21.1. The van der Waals surface area contributed by atoms with Gasteiger partial charge in [0, 0.05) is 34.6 Å². The molecule has 0 amide bonds. The summed E-state index contributed by atoms with van der Waals surface area (Å²) >= 11 is 0. The number of fused-ring (bicyclic) bond motifs is 5. The molecule has 0 saturated carbocycles. The van der Waals surface area contributed by atoms with E-state index in [1.165, 1.54) is 12.1 Å². The van der Waals surface area contributed by atoms with Gasteiger partial charge in [-0.25, -0.2) is 0 Å². The molecule has 6 rings (SSSR count). The monoisotopic (exact) mass is 507 g/mol. The third kappa shape index (κ3) is 3.03. The number of Topliss-reactive ketones (excluding diaryl/α,β-unsaturated/α-hetero) is 3. The first-order valence-corrected chi connectivity index (χ1v) is 12.5. The number of non-ortho nitro benzene ring substituents is 1. The van der Waals surface area contributed by atoms with Crippen LogP contribution in [0, 0.1) is 20.9 Å². The van der Waals surface area contributed by atoms with Crippen LogP contribution in [-0.4, -0.2) is 39.5 Å². The van der Waals surface area contributed by atoms with Gasteiger partial charge in [0.1, 0.15) is 11.5 Å². The van der Waals surface area contributed by atoms with Crippen LogP contribution in [0.15, 0.2) is 77.9 Å². The number of benzene rings is 3. The second-order valence-electron chi connectivity index (χ2n) is 11.1. The van der Waals surface area contributed by atoms with E-state index in [1.54, 1.807) is 68.4 Å². The van der Waals surface area contributed by atoms with Crippen molar-refractivity contribution >= 4 is 29.3 Å². The number of ketones is 3. The topological polar surface area (TPSA) is 110 Å². The van der Waals surface area contributed by atoms with Gasteiger partial charge in [-0.2, -0.15) is 5.10 Å². The van der Waals surface area contributed by atoms with Crippen LogP contribution in [0.4, 0.5) is 5.69 Å². The van der Waals surface area contributed by atoms with Gasteiger partial charge >= 0.3 is 0 Å². The first-order chi connectivity index (χ1) is 18.1. The van der Waals surface area contributed by atoms with Gasteiger partial charge in [0.2, 0.25) is 0 Å². The maximum atomic E-state index is 14.6. The summed E-state index contributed by atoms with van der Waals surface area (Å²) in [7, 11) is 0. The van der Waals surface area contributed by atoms with Crippen molar-refractivity contribution in [3.8, 4) is 0 Å². The fourth-order valence-corrected chi connectivity index (χ4v) is 6.40. The predicted octanol–water partition coefficient (Wildman–Crippen LogP) is 5.13. The van der Waals surface area contributed by atoms with Gasteiger partial charge in [-0.3, -0.25) is 29.5 Å². The Balaban J connectivity index is 1.69. The molecule has 3 aromatic rings. The van der Waals surface area contributed by atoms with E-state index in [2.05, 4.69) is 0 Å². The quantitative estimate of drug-likeness (QED) is 0.276. The van der Waals surface area contributed by atoms with Gasteiger partial charge in [-0.05, 0) is 16.7 Å². The molecule has 3 atom stereocenters. The van der Waals surface area contributed by atoms with Crippen LogP contribution in [-0.2, 0) is 4.79 Å². The number of carbonyl (C=O) groups excluding carboxylic acids is 3. The van der Waals surface area contributed by atoms with Crippen molar-refractivity contribution < 1.29 is 19.3 Å². The number of hydrazone groups is 1. The van der Waals surface area contributed by atoms with Crippen LogP contribution in [0.3, 0.4) is 0 Å². The molecule has 1 spiro atoms. The summed E-state index contributed by atoms with van der Waals surface area (Å²) in [6, 6.07) is 18.3. The molecule has 0 radical (unpaired) electrons.